The number of hydrogen-bond donors (Lipinski definition) is 3. The molecule has 0 aromatic rings. The summed E-state index contributed by atoms with van der Waals surface area (Å²) >= 11 is 0. The second-order valence-electron chi connectivity index (χ2n) is 1.36. The molecule has 0 bridgehead atoms. The van der Waals surface area contributed by atoms with Crippen molar-refractivity contribution in [3.8, 4) is 0 Å². The number of guanidine groups is 1. The Morgan fingerprint density at radius 2 is 2.33 bits per heavy atom. The second-order valence-corrected chi connectivity index (χ2v) is 1.36. The fraction of sp³-hybridized carbons (Fsp3) is 0.750. The lowest BCUT2D eigenvalue weighted by Crippen LogP contribution is -2.24. The van der Waals surface area contributed by atoms with E-state index in [1.165, 1.54) is 0 Å². The lowest BCUT2D eigenvalue weighted by Gasteiger charge is -1.96. The smallest absolute Gasteiger partial charge is 0.185 e. The van der Waals surface area contributed by atoms with E-state index in [2.05, 4.69) is 10.5 Å². The van der Waals surface area contributed by atoms with Gasteiger partial charge in [-0.3, -0.25) is 4.99 Å². The number of nitrogens with zero attached hydrogens (tertiary/aromatic N) is 1. The number of hydrogen-bond acceptors (Lipinski definition) is 3. The van der Waals surface area contributed by atoms with E-state index in [0.29, 0.717) is 13.2 Å². The lowest BCUT2D eigenvalue weighted by molar-refractivity contribution is 0.0643. The molecule has 0 aromatic carbocycles. The number of rotatable bonds is 4. The predicted molar refractivity (Wildman–Crippen MR) is 35.7 cm³/mol. The normalized spacial score (nSPS) is 9.00. The Balaban J connectivity index is 3.00. The van der Waals surface area contributed by atoms with Gasteiger partial charge in [0.2, 0.25) is 0 Å². The summed E-state index contributed by atoms with van der Waals surface area (Å²) in [6.45, 7) is 0.970. The van der Waals surface area contributed by atoms with E-state index < -0.39 is 0 Å². The molecule has 0 fully saturated rings. The molecule has 5 nitrogen and oxygen atoms in total. The van der Waals surface area contributed by atoms with Crippen LogP contribution >= 0.6 is 0 Å². The topological polar surface area (TPSA) is 85.7 Å². The van der Waals surface area contributed by atoms with Crippen LogP contribution in [0.25, 0.3) is 0 Å². The molecule has 5 heteroatoms. The van der Waals surface area contributed by atoms with Crippen LogP contribution in [0, 0.1) is 0 Å². The van der Waals surface area contributed by atoms with Gasteiger partial charge in [-0.05, 0) is 0 Å². The van der Waals surface area contributed by atoms with Crippen LogP contribution in [0.4, 0.5) is 0 Å². The highest BCUT2D eigenvalue weighted by Crippen LogP contribution is 1.68. The van der Waals surface area contributed by atoms with Gasteiger partial charge in [-0.1, -0.05) is 0 Å². The van der Waals surface area contributed by atoms with E-state index in [4.69, 9.17) is 16.3 Å². The van der Waals surface area contributed by atoms with Crippen LogP contribution in [0.1, 0.15) is 0 Å². The average molecular weight is 132 g/mol. The molecule has 0 atom stereocenters. The van der Waals surface area contributed by atoms with E-state index in [0.717, 1.165) is 0 Å². The maximum atomic E-state index is 5.03. The Labute approximate surface area is 54.0 Å². The molecule has 0 aliphatic carbocycles. The van der Waals surface area contributed by atoms with Crippen molar-refractivity contribution in [2.24, 2.45) is 16.5 Å². The largest absolute Gasteiger partial charge is 0.370 e. The monoisotopic (exact) mass is 132 g/mol. The summed E-state index contributed by atoms with van der Waals surface area (Å²) in [5.74, 6) is 0.0923. The van der Waals surface area contributed by atoms with E-state index in [-0.39, 0.29) is 5.96 Å². The zero-order valence-corrected chi connectivity index (χ0v) is 5.42. The first-order valence-corrected chi connectivity index (χ1v) is 2.61. The van der Waals surface area contributed by atoms with Crippen LogP contribution in [0.3, 0.4) is 0 Å². The van der Waals surface area contributed by atoms with Gasteiger partial charge in [0.05, 0.1) is 13.2 Å². The predicted octanol–water partition coefficient (Wildman–Crippen LogP) is -1.59. The van der Waals surface area contributed by atoms with Gasteiger partial charge < -0.3 is 16.3 Å². The third kappa shape index (κ3) is 7.19. The Bertz CT molecular complexity index is 88.6. The summed E-state index contributed by atoms with van der Waals surface area (Å²) in [4.78, 5) is 8.38. The van der Waals surface area contributed by atoms with Crippen molar-refractivity contribution in [1.82, 2.24) is 5.48 Å². The molecule has 0 unspecified atom stereocenters. The van der Waals surface area contributed by atoms with Crippen molar-refractivity contribution in [2.75, 3.05) is 20.2 Å². The molecule has 0 amide bonds. The molecule has 54 valence electrons. The molecule has 0 aromatic heterocycles. The van der Waals surface area contributed by atoms with Crippen molar-refractivity contribution < 1.29 is 4.84 Å². The van der Waals surface area contributed by atoms with Gasteiger partial charge in [0, 0.05) is 7.05 Å². The Morgan fingerprint density at radius 1 is 1.67 bits per heavy atom. The lowest BCUT2D eigenvalue weighted by atomic mass is 10.7. The number of nitrogens with one attached hydrogen (secondary N) is 1. The maximum Gasteiger partial charge on any atom is 0.185 e. The molecule has 0 saturated heterocycles. The fourth-order valence-electron chi connectivity index (χ4n) is 0.322. The molecule has 0 spiro atoms. The number of nitrogens with two attached hydrogens (primary N) is 2. The number of hydroxylamine groups is 1. The van der Waals surface area contributed by atoms with Crippen LogP contribution in [0.2, 0.25) is 0 Å². The first-order valence-electron chi connectivity index (χ1n) is 2.61. The zero-order valence-electron chi connectivity index (χ0n) is 5.42. The van der Waals surface area contributed by atoms with Gasteiger partial charge in [-0.2, -0.15) is 0 Å². The van der Waals surface area contributed by atoms with Crippen molar-refractivity contribution in [3.63, 3.8) is 0 Å². The summed E-state index contributed by atoms with van der Waals surface area (Å²) in [7, 11) is 1.68. The highest BCUT2D eigenvalue weighted by Gasteiger charge is 1.81. The maximum absolute atomic E-state index is 5.03. The van der Waals surface area contributed by atoms with Crippen LogP contribution < -0.4 is 16.9 Å². The fourth-order valence-corrected chi connectivity index (χ4v) is 0.322. The van der Waals surface area contributed by atoms with Crippen molar-refractivity contribution >= 4 is 5.96 Å². The first kappa shape index (κ1) is 8.19. The van der Waals surface area contributed by atoms with Crippen LogP contribution in [0.15, 0.2) is 4.99 Å². The van der Waals surface area contributed by atoms with E-state index >= 15 is 0 Å². The molecule has 0 saturated carbocycles. The van der Waals surface area contributed by atoms with Crippen molar-refractivity contribution in [3.05, 3.63) is 0 Å². The molecule has 5 N–H and O–H groups in total. The SMILES string of the molecule is CNOCCN=C(N)N. The third-order valence-corrected chi connectivity index (χ3v) is 0.632. The first-order chi connectivity index (χ1) is 4.27. The molecular formula is C4H12N4O. The van der Waals surface area contributed by atoms with Gasteiger partial charge in [-0.15, -0.1) is 0 Å². The summed E-state index contributed by atoms with van der Waals surface area (Å²) in [5, 5.41) is 0. The van der Waals surface area contributed by atoms with Gasteiger partial charge in [0.1, 0.15) is 0 Å². The Kier molecular flexibility index (Phi) is 4.85. The second kappa shape index (κ2) is 5.33. The van der Waals surface area contributed by atoms with Crippen molar-refractivity contribution in [2.45, 2.75) is 0 Å². The third-order valence-electron chi connectivity index (χ3n) is 0.632. The van der Waals surface area contributed by atoms with E-state index in [1.54, 1.807) is 7.05 Å². The summed E-state index contributed by atoms with van der Waals surface area (Å²) in [6, 6.07) is 0. The minimum atomic E-state index is 0.0923. The average Bonchev–Trinajstić information content (AvgIpc) is 1.80. The Morgan fingerprint density at radius 3 is 2.78 bits per heavy atom. The molecule has 0 rings (SSSR count). The van der Waals surface area contributed by atoms with Gasteiger partial charge >= 0.3 is 0 Å². The van der Waals surface area contributed by atoms with E-state index in [9.17, 15) is 0 Å². The minimum absolute atomic E-state index is 0.0923. The van der Waals surface area contributed by atoms with Crippen LogP contribution in [-0.2, 0) is 4.84 Å². The standard InChI is InChI=1S/C4H12N4O/c1-7-9-3-2-8-4(5)6/h7H,2-3H2,1H3,(H4,5,6,8). The molecule has 0 radical (unpaired) electrons. The van der Waals surface area contributed by atoms with Crippen LogP contribution in [-0.4, -0.2) is 26.2 Å². The summed E-state index contributed by atoms with van der Waals surface area (Å²) < 4.78 is 0. The molecular weight excluding hydrogens is 120 g/mol. The quantitative estimate of drug-likeness (QED) is 0.186. The molecule has 0 aliphatic heterocycles. The Hall–Kier alpha value is -0.810. The molecule has 0 heterocycles. The molecule has 0 aliphatic rings. The van der Waals surface area contributed by atoms with Gasteiger partial charge in [0.15, 0.2) is 5.96 Å². The highest BCUT2D eigenvalue weighted by atomic mass is 16.6. The minimum Gasteiger partial charge on any atom is -0.370 e. The highest BCUT2D eigenvalue weighted by molar-refractivity contribution is 5.75. The number of aliphatic imine (C=N–C) groups is 1. The summed E-state index contributed by atoms with van der Waals surface area (Å²) in [6.07, 6.45) is 0. The summed E-state index contributed by atoms with van der Waals surface area (Å²) in [5.41, 5.74) is 12.5. The zero-order chi connectivity index (χ0) is 7.11. The van der Waals surface area contributed by atoms with Gasteiger partial charge in [0.25, 0.3) is 0 Å². The van der Waals surface area contributed by atoms with Crippen LogP contribution in [0.5, 0.6) is 0 Å². The molecule has 9 heavy (non-hydrogen) atoms. The van der Waals surface area contributed by atoms with Gasteiger partial charge in [-0.25, -0.2) is 5.48 Å². The van der Waals surface area contributed by atoms with E-state index in [1.807, 2.05) is 0 Å². The van der Waals surface area contributed by atoms with Crippen molar-refractivity contribution in [1.29, 1.82) is 0 Å².